The van der Waals surface area contributed by atoms with Gasteiger partial charge in [-0.2, -0.15) is 0 Å². The molecule has 0 radical (unpaired) electrons. The molecule has 28 heavy (non-hydrogen) atoms. The zero-order valence-corrected chi connectivity index (χ0v) is 16.7. The van der Waals surface area contributed by atoms with E-state index >= 15 is 0 Å². The topological polar surface area (TPSA) is 84.5 Å². The number of H-pyrrole nitrogens is 1. The molecule has 7 heteroatoms. The number of fused-ring (bicyclic) bond motifs is 1. The second kappa shape index (κ2) is 8.91. The summed E-state index contributed by atoms with van der Waals surface area (Å²) in [5.41, 5.74) is 2.20. The smallest absolute Gasteiger partial charge is 0.256 e. The molecule has 0 atom stereocenters. The van der Waals surface area contributed by atoms with E-state index in [9.17, 15) is 9.59 Å². The van der Waals surface area contributed by atoms with Gasteiger partial charge in [0.05, 0.1) is 32.0 Å². The number of aromatic nitrogens is 2. The summed E-state index contributed by atoms with van der Waals surface area (Å²) in [4.78, 5) is 34.2. The second-order valence-corrected chi connectivity index (χ2v) is 6.97. The molecule has 0 saturated carbocycles. The predicted molar refractivity (Wildman–Crippen MR) is 106 cm³/mol. The Morgan fingerprint density at radius 3 is 2.75 bits per heavy atom. The van der Waals surface area contributed by atoms with Crippen LogP contribution >= 0.6 is 0 Å². The van der Waals surface area contributed by atoms with E-state index < -0.39 is 0 Å². The standard InChI is InChI=1S/C21H27N3O4/c1-4-5-6-20(25)24-10-9-16-15(13-24)21(26)23-19(22-16)12-14-7-8-17(27-2)18(11-14)28-3/h7-8,11H,4-6,9-10,12-13H2,1-3H3,(H,22,23,26). The van der Waals surface area contributed by atoms with Gasteiger partial charge in [-0.1, -0.05) is 19.4 Å². The molecule has 0 spiro atoms. The first-order chi connectivity index (χ1) is 13.5. The molecule has 1 aliphatic rings. The Morgan fingerprint density at radius 2 is 2.04 bits per heavy atom. The van der Waals surface area contributed by atoms with Gasteiger partial charge in [0.2, 0.25) is 5.91 Å². The highest BCUT2D eigenvalue weighted by Crippen LogP contribution is 2.28. The highest BCUT2D eigenvalue weighted by atomic mass is 16.5. The number of amides is 1. The lowest BCUT2D eigenvalue weighted by Crippen LogP contribution is -2.39. The first-order valence-corrected chi connectivity index (χ1v) is 9.65. The molecule has 3 rings (SSSR count). The van der Waals surface area contributed by atoms with Gasteiger partial charge in [-0.3, -0.25) is 9.59 Å². The molecule has 0 unspecified atom stereocenters. The Hall–Kier alpha value is -2.83. The quantitative estimate of drug-likeness (QED) is 0.791. The first-order valence-electron chi connectivity index (χ1n) is 9.65. The number of nitrogens with one attached hydrogen (secondary N) is 1. The molecule has 7 nitrogen and oxygen atoms in total. The minimum atomic E-state index is -0.159. The van der Waals surface area contributed by atoms with Gasteiger partial charge >= 0.3 is 0 Å². The Labute approximate surface area is 164 Å². The van der Waals surface area contributed by atoms with E-state index in [0.29, 0.717) is 55.2 Å². The number of carbonyl (C=O) groups excluding carboxylic acids is 1. The van der Waals surface area contributed by atoms with Crippen LogP contribution in [0.1, 0.15) is 48.8 Å². The minimum absolute atomic E-state index is 0.112. The zero-order chi connectivity index (χ0) is 20.1. The van der Waals surface area contributed by atoms with Crippen LogP contribution in [0.2, 0.25) is 0 Å². The van der Waals surface area contributed by atoms with Gasteiger partial charge in [0.1, 0.15) is 5.82 Å². The van der Waals surface area contributed by atoms with Crippen molar-refractivity contribution in [2.24, 2.45) is 0 Å². The minimum Gasteiger partial charge on any atom is -0.493 e. The molecule has 1 amide bonds. The van der Waals surface area contributed by atoms with Crippen molar-refractivity contribution < 1.29 is 14.3 Å². The summed E-state index contributed by atoms with van der Waals surface area (Å²) in [5, 5.41) is 0. The number of nitrogens with zero attached hydrogens (tertiary/aromatic N) is 2. The summed E-state index contributed by atoms with van der Waals surface area (Å²) >= 11 is 0. The molecule has 2 heterocycles. The van der Waals surface area contributed by atoms with Crippen molar-refractivity contribution in [2.45, 2.75) is 45.6 Å². The van der Waals surface area contributed by atoms with Crippen molar-refractivity contribution in [3.63, 3.8) is 0 Å². The third-order valence-corrected chi connectivity index (χ3v) is 5.03. The van der Waals surface area contributed by atoms with E-state index in [1.165, 1.54) is 0 Å². The number of hydrogen-bond acceptors (Lipinski definition) is 5. The average molecular weight is 385 g/mol. The number of hydrogen-bond donors (Lipinski definition) is 1. The van der Waals surface area contributed by atoms with Gasteiger partial charge in [-0.15, -0.1) is 0 Å². The third kappa shape index (κ3) is 4.35. The SMILES string of the molecule is CCCCC(=O)N1CCc2nc(Cc3ccc(OC)c(OC)c3)[nH]c(=O)c2C1. The Kier molecular flexibility index (Phi) is 6.34. The third-order valence-electron chi connectivity index (χ3n) is 5.03. The lowest BCUT2D eigenvalue weighted by Gasteiger charge is -2.28. The number of methoxy groups -OCH3 is 2. The highest BCUT2D eigenvalue weighted by Gasteiger charge is 2.24. The maximum absolute atomic E-state index is 12.6. The zero-order valence-electron chi connectivity index (χ0n) is 16.7. The Bertz CT molecular complexity index is 907. The molecule has 1 aromatic carbocycles. The van der Waals surface area contributed by atoms with Crippen molar-refractivity contribution >= 4 is 5.91 Å². The number of ether oxygens (including phenoxy) is 2. The van der Waals surface area contributed by atoms with Gasteiger partial charge in [0, 0.05) is 25.8 Å². The van der Waals surface area contributed by atoms with Gasteiger partial charge in [-0.25, -0.2) is 4.98 Å². The fourth-order valence-electron chi connectivity index (χ4n) is 3.44. The van der Waals surface area contributed by atoms with Crippen LogP contribution in [0, 0.1) is 0 Å². The van der Waals surface area contributed by atoms with Gasteiger partial charge < -0.3 is 19.4 Å². The maximum Gasteiger partial charge on any atom is 0.256 e. The summed E-state index contributed by atoms with van der Waals surface area (Å²) in [6.45, 7) is 3.02. The lowest BCUT2D eigenvalue weighted by molar-refractivity contribution is -0.132. The fourth-order valence-corrected chi connectivity index (χ4v) is 3.44. The molecule has 0 saturated heterocycles. The molecule has 1 aliphatic heterocycles. The molecule has 0 fully saturated rings. The van der Waals surface area contributed by atoms with Crippen LogP contribution in [0.25, 0.3) is 0 Å². The summed E-state index contributed by atoms with van der Waals surface area (Å²) in [5.74, 6) is 2.02. The van der Waals surface area contributed by atoms with Crippen molar-refractivity contribution in [1.82, 2.24) is 14.9 Å². The van der Waals surface area contributed by atoms with E-state index in [1.54, 1.807) is 19.1 Å². The molecular weight excluding hydrogens is 358 g/mol. The monoisotopic (exact) mass is 385 g/mol. The molecule has 1 N–H and O–H groups in total. The van der Waals surface area contributed by atoms with Crippen molar-refractivity contribution in [3.05, 3.63) is 51.2 Å². The van der Waals surface area contributed by atoms with E-state index in [0.717, 1.165) is 24.1 Å². The fraction of sp³-hybridized carbons (Fsp3) is 0.476. The van der Waals surface area contributed by atoms with Gasteiger partial charge in [0.25, 0.3) is 5.56 Å². The number of aromatic amines is 1. The first kappa shape index (κ1) is 19.9. The number of benzene rings is 1. The van der Waals surface area contributed by atoms with Gasteiger partial charge in [-0.05, 0) is 24.1 Å². The van der Waals surface area contributed by atoms with Crippen molar-refractivity contribution in [3.8, 4) is 11.5 Å². The van der Waals surface area contributed by atoms with Crippen LogP contribution in [0.4, 0.5) is 0 Å². The predicted octanol–water partition coefficient (Wildman–Crippen LogP) is 2.45. The molecule has 0 aliphatic carbocycles. The Morgan fingerprint density at radius 1 is 1.25 bits per heavy atom. The molecule has 0 bridgehead atoms. The summed E-state index contributed by atoms with van der Waals surface area (Å²) in [6, 6.07) is 5.64. The number of unbranched alkanes of at least 4 members (excludes halogenated alkanes) is 1. The van der Waals surface area contributed by atoms with E-state index in [-0.39, 0.29) is 11.5 Å². The summed E-state index contributed by atoms with van der Waals surface area (Å²) < 4.78 is 10.6. The van der Waals surface area contributed by atoms with Gasteiger partial charge in [0.15, 0.2) is 11.5 Å². The molecule has 2 aromatic rings. The van der Waals surface area contributed by atoms with Crippen LogP contribution in [0.3, 0.4) is 0 Å². The largest absolute Gasteiger partial charge is 0.493 e. The Balaban J connectivity index is 1.78. The van der Waals surface area contributed by atoms with Crippen LogP contribution in [0.15, 0.2) is 23.0 Å². The second-order valence-electron chi connectivity index (χ2n) is 6.97. The highest BCUT2D eigenvalue weighted by molar-refractivity contribution is 5.76. The van der Waals surface area contributed by atoms with Crippen molar-refractivity contribution in [2.75, 3.05) is 20.8 Å². The van der Waals surface area contributed by atoms with Crippen LogP contribution in [0.5, 0.6) is 11.5 Å². The summed E-state index contributed by atoms with van der Waals surface area (Å²) in [6.07, 6.45) is 3.49. The molecular formula is C21H27N3O4. The lowest BCUT2D eigenvalue weighted by atomic mass is 10.1. The van der Waals surface area contributed by atoms with Crippen LogP contribution in [-0.2, 0) is 24.2 Å². The number of carbonyl (C=O) groups is 1. The molecule has 1 aromatic heterocycles. The summed E-state index contributed by atoms with van der Waals surface area (Å²) in [7, 11) is 3.19. The molecule has 150 valence electrons. The number of rotatable bonds is 7. The maximum atomic E-state index is 12.6. The van der Waals surface area contributed by atoms with E-state index in [2.05, 4.69) is 16.9 Å². The van der Waals surface area contributed by atoms with Crippen molar-refractivity contribution in [1.29, 1.82) is 0 Å². The van der Waals surface area contributed by atoms with Crippen LogP contribution < -0.4 is 15.0 Å². The normalized spacial score (nSPS) is 13.2. The average Bonchev–Trinajstić information content (AvgIpc) is 2.71. The van der Waals surface area contributed by atoms with E-state index in [4.69, 9.17) is 9.47 Å². The van der Waals surface area contributed by atoms with E-state index in [1.807, 2.05) is 18.2 Å². The van der Waals surface area contributed by atoms with Crippen LogP contribution in [-0.4, -0.2) is 41.5 Å².